The van der Waals surface area contributed by atoms with Crippen molar-refractivity contribution in [2.24, 2.45) is 5.10 Å². The summed E-state index contributed by atoms with van der Waals surface area (Å²) >= 11 is 0. The molecule has 3 nitrogen and oxygen atoms in total. The Morgan fingerprint density at radius 1 is 0.694 bits per heavy atom. The fourth-order valence-electron chi connectivity index (χ4n) is 4.96. The zero-order valence-corrected chi connectivity index (χ0v) is 21.9. The SMILES string of the molecule is CCCCCCCCCCCCOc1ccc(C2CC(c3ccccc3)=NN2c2ccccc2)cc1. The monoisotopic (exact) mass is 482 g/mol. The summed E-state index contributed by atoms with van der Waals surface area (Å²) in [4.78, 5) is 0. The van der Waals surface area contributed by atoms with Gasteiger partial charge < -0.3 is 4.74 Å². The normalized spacial score (nSPS) is 15.2. The lowest BCUT2D eigenvalue weighted by Gasteiger charge is -2.24. The minimum Gasteiger partial charge on any atom is -0.494 e. The molecule has 190 valence electrons. The lowest BCUT2D eigenvalue weighted by Crippen LogP contribution is -2.18. The van der Waals surface area contributed by atoms with Gasteiger partial charge in [0.1, 0.15) is 5.75 Å². The van der Waals surface area contributed by atoms with Crippen molar-refractivity contribution in [3.05, 3.63) is 96.1 Å². The first-order valence-corrected chi connectivity index (χ1v) is 14.0. The molecule has 1 atom stereocenters. The second-order valence-corrected chi connectivity index (χ2v) is 9.91. The van der Waals surface area contributed by atoms with Crippen LogP contribution in [-0.2, 0) is 0 Å². The number of para-hydroxylation sites is 1. The van der Waals surface area contributed by atoms with Gasteiger partial charge in [-0.05, 0) is 41.8 Å². The van der Waals surface area contributed by atoms with Gasteiger partial charge in [-0.15, -0.1) is 0 Å². The molecule has 0 saturated heterocycles. The number of ether oxygens (including phenoxy) is 1. The fraction of sp³-hybridized carbons (Fsp3) is 0.424. The molecule has 3 aromatic rings. The summed E-state index contributed by atoms with van der Waals surface area (Å²) in [6, 6.07) is 29.8. The van der Waals surface area contributed by atoms with Gasteiger partial charge in [0.15, 0.2) is 0 Å². The van der Waals surface area contributed by atoms with E-state index in [4.69, 9.17) is 9.84 Å². The number of nitrogens with zero attached hydrogens (tertiary/aromatic N) is 2. The highest BCUT2D eigenvalue weighted by atomic mass is 16.5. The lowest BCUT2D eigenvalue weighted by molar-refractivity contribution is 0.304. The fourth-order valence-corrected chi connectivity index (χ4v) is 4.96. The van der Waals surface area contributed by atoms with Gasteiger partial charge in [0.25, 0.3) is 0 Å². The molecule has 3 aromatic carbocycles. The molecule has 1 aliphatic heterocycles. The standard InChI is InChI=1S/C33H42N2O/c1-2-3-4-5-6-7-8-9-10-17-26-36-31-24-22-29(23-25-31)33-27-32(28-18-13-11-14-19-28)34-35(33)30-20-15-12-16-21-30/h11-16,18-25,33H,2-10,17,26-27H2,1H3. The highest BCUT2D eigenvalue weighted by molar-refractivity contribution is 6.03. The number of hydrogen-bond acceptors (Lipinski definition) is 3. The smallest absolute Gasteiger partial charge is 0.119 e. The summed E-state index contributed by atoms with van der Waals surface area (Å²) in [6.45, 7) is 3.08. The highest BCUT2D eigenvalue weighted by Gasteiger charge is 2.29. The number of hydrogen-bond donors (Lipinski definition) is 0. The summed E-state index contributed by atoms with van der Waals surface area (Å²) in [7, 11) is 0. The van der Waals surface area contributed by atoms with Crippen LogP contribution in [0.15, 0.2) is 90.0 Å². The second-order valence-electron chi connectivity index (χ2n) is 9.91. The third-order valence-electron chi connectivity index (χ3n) is 7.07. The molecule has 0 aromatic heterocycles. The van der Waals surface area contributed by atoms with Crippen LogP contribution in [-0.4, -0.2) is 12.3 Å². The first kappa shape index (κ1) is 26.0. The summed E-state index contributed by atoms with van der Waals surface area (Å²) in [5, 5.41) is 7.21. The van der Waals surface area contributed by atoms with Crippen LogP contribution in [0.5, 0.6) is 5.75 Å². The number of rotatable bonds is 15. The molecule has 0 N–H and O–H groups in total. The lowest BCUT2D eigenvalue weighted by atomic mass is 9.98. The van der Waals surface area contributed by atoms with E-state index in [1.807, 2.05) is 0 Å². The predicted octanol–water partition coefficient (Wildman–Crippen LogP) is 9.34. The maximum Gasteiger partial charge on any atom is 0.119 e. The molecule has 0 bridgehead atoms. The summed E-state index contributed by atoms with van der Waals surface area (Å²) < 4.78 is 6.06. The van der Waals surface area contributed by atoms with Crippen molar-refractivity contribution in [2.45, 2.75) is 83.6 Å². The Hall–Kier alpha value is -3.07. The van der Waals surface area contributed by atoms with Gasteiger partial charge in [0, 0.05) is 6.42 Å². The van der Waals surface area contributed by atoms with Crippen molar-refractivity contribution in [2.75, 3.05) is 11.6 Å². The minimum absolute atomic E-state index is 0.179. The van der Waals surface area contributed by atoms with Crippen LogP contribution in [0.3, 0.4) is 0 Å². The molecule has 1 unspecified atom stereocenters. The maximum atomic E-state index is 6.06. The van der Waals surface area contributed by atoms with E-state index >= 15 is 0 Å². The van der Waals surface area contributed by atoms with Gasteiger partial charge in [-0.25, -0.2) is 0 Å². The molecule has 0 radical (unpaired) electrons. The summed E-state index contributed by atoms with van der Waals surface area (Å²) in [5.41, 5.74) is 4.71. The Kier molecular flexibility index (Phi) is 10.5. The van der Waals surface area contributed by atoms with Crippen molar-refractivity contribution < 1.29 is 4.74 Å². The molecule has 0 fully saturated rings. The Morgan fingerprint density at radius 3 is 1.92 bits per heavy atom. The molecule has 3 heteroatoms. The molecule has 0 spiro atoms. The van der Waals surface area contributed by atoms with Crippen molar-refractivity contribution in [1.82, 2.24) is 0 Å². The molecular formula is C33H42N2O. The molecule has 36 heavy (non-hydrogen) atoms. The largest absolute Gasteiger partial charge is 0.494 e. The van der Waals surface area contributed by atoms with Crippen molar-refractivity contribution in [3.63, 3.8) is 0 Å². The summed E-state index contributed by atoms with van der Waals surface area (Å²) in [5.74, 6) is 0.961. The molecule has 0 aliphatic carbocycles. The number of unbranched alkanes of at least 4 members (excludes halogenated alkanes) is 9. The molecule has 0 amide bonds. The highest BCUT2D eigenvalue weighted by Crippen LogP contribution is 2.37. The Balaban J connectivity index is 1.25. The van der Waals surface area contributed by atoms with Crippen LogP contribution in [0.1, 0.15) is 94.7 Å². The van der Waals surface area contributed by atoms with Crippen LogP contribution in [0.2, 0.25) is 0 Å². The van der Waals surface area contributed by atoms with Crippen molar-refractivity contribution in [3.8, 4) is 5.75 Å². The van der Waals surface area contributed by atoms with E-state index in [1.165, 1.54) is 68.9 Å². The first-order chi connectivity index (χ1) is 17.8. The van der Waals surface area contributed by atoms with Crippen LogP contribution >= 0.6 is 0 Å². The van der Waals surface area contributed by atoms with E-state index in [2.05, 4.69) is 96.9 Å². The minimum atomic E-state index is 0.179. The van der Waals surface area contributed by atoms with Gasteiger partial charge in [-0.1, -0.05) is 125 Å². The number of hydrazone groups is 1. The van der Waals surface area contributed by atoms with Gasteiger partial charge in [0.2, 0.25) is 0 Å². The van der Waals surface area contributed by atoms with Crippen molar-refractivity contribution >= 4 is 11.4 Å². The van der Waals surface area contributed by atoms with E-state index in [0.717, 1.165) is 36.6 Å². The van der Waals surface area contributed by atoms with Crippen LogP contribution < -0.4 is 9.75 Å². The Morgan fingerprint density at radius 2 is 1.28 bits per heavy atom. The molecular weight excluding hydrogens is 440 g/mol. The maximum absolute atomic E-state index is 6.06. The Labute approximate surface area is 218 Å². The number of benzene rings is 3. The first-order valence-electron chi connectivity index (χ1n) is 14.0. The van der Waals surface area contributed by atoms with E-state index < -0.39 is 0 Å². The zero-order chi connectivity index (χ0) is 24.8. The second kappa shape index (κ2) is 14.5. The van der Waals surface area contributed by atoms with Crippen molar-refractivity contribution in [1.29, 1.82) is 0 Å². The molecule has 1 heterocycles. The van der Waals surface area contributed by atoms with E-state index in [9.17, 15) is 0 Å². The Bertz CT molecular complexity index is 1030. The average molecular weight is 483 g/mol. The molecule has 0 saturated carbocycles. The number of anilines is 1. The quantitative estimate of drug-likeness (QED) is 0.202. The zero-order valence-electron chi connectivity index (χ0n) is 21.9. The van der Waals surface area contributed by atoms with Gasteiger partial charge in [-0.3, -0.25) is 5.01 Å². The van der Waals surface area contributed by atoms with Gasteiger partial charge >= 0.3 is 0 Å². The summed E-state index contributed by atoms with van der Waals surface area (Å²) in [6.07, 6.45) is 14.3. The van der Waals surface area contributed by atoms with E-state index in [1.54, 1.807) is 0 Å². The predicted molar refractivity (Wildman–Crippen MR) is 153 cm³/mol. The third-order valence-corrected chi connectivity index (χ3v) is 7.07. The van der Waals surface area contributed by atoms with Gasteiger partial charge in [-0.2, -0.15) is 5.10 Å². The molecule has 4 rings (SSSR count). The van der Waals surface area contributed by atoms with E-state index in [-0.39, 0.29) is 6.04 Å². The van der Waals surface area contributed by atoms with E-state index in [0.29, 0.717) is 0 Å². The van der Waals surface area contributed by atoms with Crippen LogP contribution in [0.25, 0.3) is 0 Å². The third kappa shape index (κ3) is 7.71. The topological polar surface area (TPSA) is 24.8 Å². The van der Waals surface area contributed by atoms with Gasteiger partial charge in [0.05, 0.1) is 24.0 Å². The van der Waals surface area contributed by atoms with Crippen LogP contribution in [0, 0.1) is 0 Å². The molecule has 1 aliphatic rings. The van der Waals surface area contributed by atoms with Crippen LogP contribution in [0.4, 0.5) is 5.69 Å². The average Bonchev–Trinajstić information content (AvgIpc) is 3.39.